The van der Waals surface area contributed by atoms with E-state index in [4.69, 9.17) is 34.8 Å². The molecule has 1 aliphatic carbocycles. The summed E-state index contributed by atoms with van der Waals surface area (Å²) in [6, 6.07) is 5.33. The fourth-order valence-electron chi connectivity index (χ4n) is 1.45. The number of carbonyl (C=O) groups is 1. The highest BCUT2D eigenvalue weighted by molar-refractivity contribution is 6.52. The van der Waals surface area contributed by atoms with Gasteiger partial charge < -0.3 is 5.32 Å². The van der Waals surface area contributed by atoms with E-state index in [0.717, 1.165) is 5.56 Å². The molecule has 1 aliphatic rings. The summed E-state index contributed by atoms with van der Waals surface area (Å²) in [7, 11) is 0. The second-order valence-corrected chi connectivity index (χ2v) is 5.95. The topological polar surface area (TPSA) is 29.1 Å². The Bertz CT molecular complexity index is 445. The Morgan fingerprint density at radius 1 is 1.50 bits per heavy atom. The van der Waals surface area contributed by atoms with Crippen LogP contribution in [0.4, 0.5) is 5.69 Å². The number of hydrogen-bond donors (Lipinski definition) is 1. The second kappa shape index (κ2) is 4.10. The van der Waals surface area contributed by atoms with Crippen LogP contribution in [-0.4, -0.2) is 10.2 Å². The van der Waals surface area contributed by atoms with Gasteiger partial charge in [0.05, 0.1) is 5.92 Å². The van der Waals surface area contributed by atoms with Gasteiger partial charge in [-0.1, -0.05) is 17.7 Å². The molecule has 0 spiro atoms. The van der Waals surface area contributed by atoms with E-state index in [1.165, 1.54) is 0 Å². The number of rotatable bonds is 2. The molecular weight excluding hydrogens is 268 g/mol. The molecule has 2 rings (SSSR count). The Kier molecular flexibility index (Phi) is 3.08. The number of hydrogen-bond acceptors (Lipinski definition) is 1. The predicted molar refractivity (Wildman–Crippen MR) is 67.4 cm³/mol. The zero-order chi connectivity index (χ0) is 11.9. The van der Waals surface area contributed by atoms with Gasteiger partial charge in [0, 0.05) is 10.7 Å². The largest absolute Gasteiger partial charge is 0.325 e. The van der Waals surface area contributed by atoms with Crippen LogP contribution in [0.5, 0.6) is 0 Å². The molecule has 1 N–H and O–H groups in total. The van der Waals surface area contributed by atoms with Crippen molar-refractivity contribution < 1.29 is 4.79 Å². The lowest BCUT2D eigenvalue weighted by Gasteiger charge is -2.08. The van der Waals surface area contributed by atoms with E-state index >= 15 is 0 Å². The zero-order valence-corrected chi connectivity index (χ0v) is 10.8. The van der Waals surface area contributed by atoms with Gasteiger partial charge >= 0.3 is 0 Å². The highest BCUT2D eigenvalue weighted by atomic mass is 35.5. The lowest BCUT2D eigenvalue weighted by molar-refractivity contribution is -0.117. The molecule has 1 amide bonds. The Balaban J connectivity index is 2.10. The van der Waals surface area contributed by atoms with E-state index in [2.05, 4.69) is 5.32 Å². The number of carbonyl (C=O) groups excluding carboxylic acids is 1. The average molecular weight is 279 g/mol. The lowest BCUT2D eigenvalue weighted by atomic mass is 10.2. The Labute approximate surface area is 109 Å². The maximum absolute atomic E-state index is 11.7. The molecule has 1 saturated carbocycles. The van der Waals surface area contributed by atoms with E-state index in [0.29, 0.717) is 17.1 Å². The highest BCUT2D eigenvalue weighted by Gasteiger charge is 2.56. The number of amides is 1. The van der Waals surface area contributed by atoms with Gasteiger partial charge in [-0.25, -0.2) is 0 Å². The van der Waals surface area contributed by atoms with Crippen molar-refractivity contribution in [2.24, 2.45) is 5.92 Å². The minimum Gasteiger partial charge on any atom is -0.325 e. The molecule has 5 heteroatoms. The molecule has 0 radical (unpaired) electrons. The van der Waals surface area contributed by atoms with Crippen LogP contribution in [0.1, 0.15) is 12.0 Å². The lowest BCUT2D eigenvalue weighted by Crippen LogP contribution is -2.17. The monoisotopic (exact) mass is 277 g/mol. The van der Waals surface area contributed by atoms with Gasteiger partial charge in [-0.05, 0) is 31.0 Å². The number of nitrogens with one attached hydrogen (secondary N) is 1. The Hall–Kier alpha value is -0.440. The average Bonchev–Trinajstić information content (AvgIpc) is 2.82. The van der Waals surface area contributed by atoms with Crippen molar-refractivity contribution in [2.45, 2.75) is 17.7 Å². The molecule has 16 heavy (non-hydrogen) atoms. The molecule has 0 saturated heterocycles. The molecule has 1 fully saturated rings. The fraction of sp³-hybridized carbons (Fsp3) is 0.364. The molecule has 1 atom stereocenters. The molecule has 2 nitrogen and oxygen atoms in total. The van der Waals surface area contributed by atoms with Crippen molar-refractivity contribution in [1.82, 2.24) is 0 Å². The zero-order valence-electron chi connectivity index (χ0n) is 8.56. The summed E-state index contributed by atoms with van der Waals surface area (Å²) in [6.07, 6.45) is 0.502. The molecule has 0 bridgehead atoms. The molecule has 0 aromatic heterocycles. The van der Waals surface area contributed by atoms with Crippen LogP contribution in [0.15, 0.2) is 18.2 Å². The van der Waals surface area contributed by atoms with Gasteiger partial charge in [0.15, 0.2) is 0 Å². The summed E-state index contributed by atoms with van der Waals surface area (Å²) in [5.74, 6) is -0.482. The van der Waals surface area contributed by atoms with Crippen LogP contribution in [0.2, 0.25) is 5.02 Å². The molecule has 1 aromatic carbocycles. The smallest absolute Gasteiger partial charge is 0.230 e. The predicted octanol–water partition coefficient (Wildman–Crippen LogP) is 3.78. The first kappa shape index (κ1) is 12.0. The summed E-state index contributed by atoms with van der Waals surface area (Å²) in [5.41, 5.74) is 1.65. The van der Waals surface area contributed by atoms with Crippen LogP contribution >= 0.6 is 34.8 Å². The van der Waals surface area contributed by atoms with E-state index in [-0.39, 0.29) is 11.8 Å². The number of alkyl halides is 2. The third-order valence-electron chi connectivity index (χ3n) is 2.60. The van der Waals surface area contributed by atoms with Crippen LogP contribution in [-0.2, 0) is 4.79 Å². The third-order valence-corrected chi connectivity index (χ3v) is 3.67. The summed E-state index contributed by atoms with van der Waals surface area (Å²) in [5, 5.41) is 3.36. The molecule has 0 aliphatic heterocycles. The number of benzene rings is 1. The normalized spacial score (nSPS) is 21.6. The van der Waals surface area contributed by atoms with E-state index in [9.17, 15) is 4.79 Å². The molecule has 86 valence electrons. The van der Waals surface area contributed by atoms with E-state index in [1.807, 2.05) is 13.0 Å². The molecular formula is C11H10Cl3NO. The van der Waals surface area contributed by atoms with Crippen molar-refractivity contribution in [3.8, 4) is 0 Å². The maximum atomic E-state index is 11.7. The highest BCUT2D eigenvalue weighted by Crippen LogP contribution is 2.53. The van der Waals surface area contributed by atoms with E-state index in [1.54, 1.807) is 12.1 Å². The standard InChI is InChI=1S/C11H10Cl3NO/c1-6-2-3-7(12)4-9(6)15-10(16)8-5-11(8,13)14/h2-4,8H,5H2,1H3,(H,15,16)/t8-/m1/s1. The quantitative estimate of drug-likeness (QED) is 0.820. The summed E-state index contributed by atoms with van der Waals surface area (Å²) in [6.45, 7) is 1.90. The molecule has 1 aromatic rings. The number of anilines is 1. The molecule has 0 heterocycles. The van der Waals surface area contributed by atoms with Gasteiger partial charge in [-0.15, -0.1) is 23.2 Å². The van der Waals surface area contributed by atoms with Gasteiger partial charge in [-0.2, -0.15) is 0 Å². The Morgan fingerprint density at radius 3 is 2.69 bits per heavy atom. The van der Waals surface area contributed by atoms with Crippen LogP contribution < -0.4 is 5.32 Å². The number of halogens is 3. The van der Waals surface area contributed by atoms with Crippen molar-refractivity contribution in [3.63, 3.8) is 0 Å². The van der Waals surface area contributed by atoms with Crippen LogP contribution in [0.3, 0.4) is 0 Å². The number of aryl methyl sites for hydroxylation is 1. The van der Waals surface area contributed by atoms with E-state index < -0.39 is 4.33 Å². The third kappa shape index (κ3) is 2.45. The summed E-state index contributed by atoms with van der Waals surface area (Å²) < 4.78 is -0.892. The van der Waals surface area contributed by atoms with Crippen LogP contribution in [0.25, 0.3) is 0 Å². The first-order valence-corrected chi connectivity index (χ1v) is 5.98. The van der Waals surface area contributed by atoms with Crippen LogP contribution in [0, 0.1) is 12.8 Å². The van der Waals surface area contributed by atoms with Crippen molar-refractivity contribution in [2.75, 3.05) is 5.32 Å². The van der Waals surface area contributed by atoms with Gasteiger partial charge in [0.2, 0.25) is 5.91 Å². The van der Waals surface area contributed by atoms with Gasteiger partial charge in [0.1, 0.15) is 4.33 Å². The second-order valence-electron chi connectivity index (χ2n) is 3.97. The van der Waals surface area contributed by atoms with Gasteiger partial charge in [-0.3, -0.25) is 4.79 Å². The maximum Gasteiger partial charge on any atom is 0.230 e. The van der Waals surface area contributed by atoms with Crippen molar-refractivity contribution >= 4 is 46.4 Å². The van der Waals surface area contributed by atoms with Crippen molar-refractivity contribution in [3.05, 3.63) is 28.8 Å². The first-order valence-electron chi connectivity index (χ1n) is 4.85. The Morgan fingerprint density at radius 2 is 2.12 bits per heavy atom. The van der Waals surface area contributed by atoms with Crippen molar-refractivity contribution in [1.29, 1.82) is 0 Å². The van der Waals surface area contributed by atoms with Gasteiger partial charge in [0.25, 0.3) is 0 Å². The first-order chi connectivity index (χ1) is 7.40. The fourth-order valence-corrected chi connectivity index (χ4v) is 2.13. The summed E-state index contributed by atoms with van der Waals surface area (Å²) in [4.78, 5) is 11.7. The SMILES string of the molecule is Cc1ccc(Cl)cc1NC(=O)[C@H]1CC1(Cl)Cl. The summed E-state index contributed by atoms with van der Waals surface area (Å²) >= 11 is 17.5. The molecule has 0 unspecified atom stereocenters. The minimum absolute atomic E-state index is 0.157. The minimum atomic E-state index is -0.892.